The summed E-state index contributed by atoms with van der Waals surface area (Å²) in [6, 6.07) is 7.29. The van der Waals surface area contributed by atoms with Gasteiger partial charge >= 0.3 is 0 Å². The first-order valence-electron chi connectivity index (χ1n) is 6.69. The van der Waals surface area contributed by atoms with Gasteiger partial charge in [0.2, 0.25) is 5.91 Å². The average molecular weight is 334 g/mol. The molecule has 0 spiro atoms. The number of carbonyl (C=O) groups excluding carboxylic acids is 1. The van der Waals surface area contributed by atoms with Crippen molar-refractivity contribution in [3.63, 3.8) is 0 Å². The number of aryl methyl sites for hydroxylation is 2. The zero-order chi connectivity index (χ0) is 17.1. The van der Waals surface area contributed by atoms with Gasteiger partial charge in [0.15, 0.2) is 0 Å². The molecule has 0 atom stereocenters. The number of nitrogens with zero attached hydrogens (tertiary/aromatic N) is 2. The molecule has 0 unspecified atom stereocenters. The van der Waals surface area contributed by atoms with Gasteiger partial charge in [-0.1, -0.05) is 11.6 Å². The number of halogens is 2. The van der Waals surface area contributed by atoms with E-state index in [1.54, 1.807) is 19.9 Å². The fraction of sp³-hybridized carbons (Fsp3) is 0.188. The molecule has 0 aliphatic carbocycles. The van der Waals surface area contributed by atoms with Crippen LogP contribution in [0.3, 0.4) is 0 Å². The van der Waals surface area contributed by atoms with Crippen molar-refractivity contribution in [3.8, 4) is 6.07 Å². The van der Waals surface area contributed by atoms with Crippen LogP contribution in [0.25, 0.3) is 0 Å². The van der Waals surface area contributed by atoms with Crippen LogP contribution in [0, 0.1) is 31.0 Å². The van der Waals surface area contributed by atoms with Gasteiger partial charge in [-0.25, -0.2) is 4.39 Å². The molecule has 0 aliphatic rings. The van der Waals surface area contributed by atoms with Crippen molar-refractivity contribution in [1.82, 2.24) is 4.57 Å². The largest absolute Gasteiger partial charge is 0.324 e. The van der Waals surface area contributed by atoms with Crippen LogP contribution in [0.15, 0.2) is 29.1 Å². The summed E-state index contributed by atoms with van der Waals surface area (Å²) in [6.45, 7) is 3.09. The average Bonchev–Trinajstić information content (AvgIpc) is 2.47. The lowest BCUT2D eigenvalue weighted by molar-refractivity contribution is -0.116. The molecule has 0 saturated heterocycles. The Bertz CT molecular complexity index is 884. The van der Waals surface area contributed by atoms with Gasteiger partial charge in [-0.15, -0.1) is 0 Å². The topological polar surface area (TPSA) is 74.9 Å². The van der Waals surface area contributed by atoms with Crippen molar-refractivity contribution in [2.75, 3.05) is 5.32 Å². The first-order chi connectivity index (χ1) is 10.8. The van der Waals surface area contributed by atoms with Gasteiger partial charge in [0.05, 0.1) is 5.02 Å². The fourth-order valence-corrected chi connectivity index (χ4v) is 2.36. The SMILES string of the molecule is Cc1cc(C)n(CC(=O)Nc2ccc(F)c(Cl)c2)c(=O)c1C#N. The summed E-state index contributed by atoms with van der Waals surface area (Å²) >= 11 is 5.65. The van der Waals surface area contributed by atoms with Crippen LogP contribution in [0.4, 0.5) is 10.1 Å². The standard InChI is InChI=1S/C16H13ClFN3O2/c1-9-5-10(2)21(16(23)12(9)7-19)8-15(22)20-11-3-4-14(18)13(17)6-11/h3-6H,8H2,1-2H3,(H,20,22). The van der Waals surface area contributed by atoms with E-state index in [1.165, 1.54) is 16.7 Å². The van der Waals surface area contributed by atoms with Gasteiger partial charge in [-0.3, -0.25) is 9.59 Å². The Morgan fingerprint density at radius 2 is 2.09 bits per heavy atom. The summed E-state index contributed by atoms with van der Waals surface area (Å²) in [4.78, 5) is 24.3. The summed E-state index contributed by atoms with van der Waals surface area (Å²) in [7, 11) is 0. The van der Waals surface area contributed by atoms with E-state index in [0.717, 1.165) is 6.07 Å². The first-order valence-corrected chi connectivity index (χ1v) is 7.07. The summed E-state index contributed by atoms with van der Waals surface area (Å²) in [5.74, 6) is -1.07. The van der Waals surface area contributed by atoms with Crippen molar-refractivity contribution in [2.24, 2.45) is 0 Å². The molecule has 0 saturated carbocycles. The molecule has 1 heterocycles. The molecule has 1 N–H and O–H groups in total. The van der Waals surface area contributed by atoms with Gasteiger partial charge in [0.1, 0.15) is 24.0 Å². The zero-order valence-electron chi connectivity index (χ0n) is 12.5. The molecule has 1 amide bonds. The molecule has 1 aromatic carbocycles. The molecule has 0 fully saturated rings. The number of hydrogen-bond acceptors (Lipinski definition) is 3. The molecule has 118 valence electrons. The third kappa shape index (κ3) is 3.58. The lowest BCUT2D eigenvalue weighted by atomic mass is 10.1. The highest BCUT2D eigenvalue weighted by Crippen LogP contribution is 2.19. The van der Waals surface area contributed by atoms with Crippen LogP contribution in [-0.2, 0) is 11.3 Å². The normalized spacial score (nSPS) is 10.2. The predicted octanol–water partition coefficient (Wildman–Crippen LogP) is 2.77. The second-order valence-corrected chi connectivity index (χ2v) is 5.43. The quantitative estimate of drug-likeness (QED) is 0.938. The number of anilines is 1. The highest BCUT2D eigenvalue weighted by Gasteiger charge is 2.13. The number of amides is 1. The number of rotatable bonds is 3. The highest BCUT2D eigenvalue weighted by atomic mass is 35.5. The summed E-state index contributed by atoms with van der Waals surface area (Å²) in [5.41, 5.74) is 0.945. The van der Waals surface area contributed by atoms with Crippen LogP contribution in [0.2, 0.25) is 5.02 Å². The second-order valence-electron chi connectivity index (χ2n) is 5.02. The van der Waals surface area contributed by atoms with Crippen molar-refractivity contribution < 1.29 is 9.18 Å². The Hall–Kier alpha value is -2.65. The number of aromatic nitrogens is 1. The fourth-order valence-electron chi connectivity index (χ4n) is 2.18. The first kappa shape index (κ1) is 16.7. The Balaban J connectivity index is 2.26. The van der Waals surface area contributed by atoms with Gasteiger partial charge in [-0.05, 0) is 43.7 Å². The molecular formula is C16H13ClFN3O2. The molecule has 0 bridgehead atoms. The summed E-state index contributed by atoms with van der Waals surface area (Å²) < 4.78 is 14.3. The van der Waals surface area contributed by atoms with Gasteiger partial charge in [0.25, 0.3) is 5.56 Å². The molecule has 5 nitrogen and oxygen atoms in total. The van der Waals surface area contributed by atoms with Crippen LogP contribution in [0.1, 0.15) is 16.8 Å². The molecule has 0 aliphatic heterocycles. The van der Waals surface area contributed by atoms with E-state index in [0.29, 0.717) is 16.9 Å². The summed E-state index contributed by atoms with van der Waals surface area (Å²) in [6.07, 6.45) is 0. The van der Waals surface area contributed by atoms with E-state index >= 15 is 0 Å². The Morgan fingerprint density at radius 1 is 1.39 bits per heavy atom. The minimum absolute atomic E-state index is 0.00762. The van der Waals surface area contributed by atoms with Crippen LogP contribution in [0.5, 0.6) is 0 Å². The third-order valence-electron chi connectivity index (χ3n) is 3.32. The number of nitrogens with one attached hydrogen (secondary N) is 1. The van der Waals surface area contributed by atoms with E-state index < -0.39 is 17.3 Å². The molecule has 2 aromatic rings. The van der Waals surface area contributed by atoms with E-state index in [9.17, 15) is 14.0 Å². The molecule has 23 heavy (non-hydrogen) atoms. The van der Waals surface area contributed by atoms with E-state index in [4.69, 9.17) is 16.9 Å². The Kier molecular flexibility index (Phi) is 4.82. The number of benzene rings is 1. The third-order valence-corrected chi connectivity index (χ3v) is 3.61. The number of pyridine rings is 1. The maximum atomic E-state index is 13.1. The second kappa shape index (κ2) is 6.63. The lowest BCUT2D eigenvalue weighted by Gasteiger charge is -2.12. The van der Waals surface area contributed by atoms with E-state index in [2.05, 4.69) is 5.32 Å². The van der Waals surface area contributed by atoms with Gasteiger partial charge in [-0.2, -0.15) is 5.26 Å². The van der Waals surface area contributed by atoms with Crippen LogP contribution >= 0.6 is 11.6 Å². The Labute approximate surface area is 136 Å². The van der Waals surface area contributed by atoms with Gasteiger partial charge in [0, 0.05) is 11.4 Å². The maximum Gasteiger partial charge on any atom is 0.269 e. The van der Waals surface area contributed by atoms with Crippen molar-refractivity contribution in [3.05, 3.63) is 62.3 Å². The highest BCUT2D eigenvalue weighted by molar-refractivity contribution is 6.31. The Morgan fingerprint density at radius 3 is 2.70 bits per heavy atom. The molecule has 7 heteroatoms. The number of nitriles is 1. The lowest BCUT2D eigenvalue weighted by Crippen LogP contribution is -2.31. The van der Waals surface area contributed by atoms with Crippen LogP contribution < -0.4 is 10.9 Å². The number of hydrogen-bond donors (Lipinski definition) is 1. The summed E-state index contributed by atoms with van der Waals surface area (Å²) in [5, 5.41) is 11.4. The minimum Gasteiger partial charge on any atom is -0.324 e. The van der Waals surface area contributed by atoms with Crippen molar-refractivity contribution >= 4 is 23.2 Å². The molecular weight excluding hydrogens is 321 g/mol. The van der Waals surface area contributed by atoms with E-state index in [1.807, 2.05) is 6.07 Å². The zero-order valence-corrected chi connectivity index (χ0v) is 13.2. The number of carbonyl (C=O) groups is 1. The van der Waals surface area contributed by atoms with Gasteiger partial charge < -0.3 is 9.88 Å². The minimum atomic E-state index is -0.589. The monoisotopic (exact) mass is 333 g/mol. The maximum absolute atomic E-state index is 13.1. The van der Waals surface area contributed by atoms with Crippen molar-refractivity contribution in [2.45, 2.75) is 20.4 Å². The smallest absolute Gasteiger partial charge is 0.269 e. The molecule has 2 rings (SSSR count). The van der Waals surface area contributed by atoms with Crippen LogP contribution in [-0.4, -0.2) is 10.5 Å². The molecule has 1 aromatic heterocycles. The van der Waals surface area contributed by atoms with E-state index in [-0.39, 0.29) is 17.1 Å². The molecule has 0 radical (unpaired) electrons. The predicted molar refractivity (Wildman–Crippen MR) is 84.9 cm³/mol. The van der Waals surface area contributed by atoms with Crippen molar-refractivity contribution in [1.29, 1.82) is 5.26 Å².